The highest BCUT2D eigenvalue weighted by Crippen LogP contribution is 2.15. The Morgan fingerprint density at radius 3 is 3.15 bits per heavy atom. The number of nitrogens with two attached hydrogens (primary N) is 1. The Morgan fingerprint density at radius 1 is 1.77 bits per heavy atom. The van der Waals surface area contributed by atoms with Crippen LogP contribution in [0.4, 0.5) is 0 Å². The first-order chi connectivity index (χ1) is 6.22. The molecule has 1 amide bonds. The summed E-state index contributed by atoms with van der Waals surface area (Å²) >= 11 is 5.67. The van der Waals surface area contributed by atoms with E-state index in [4.69, 9.17) is 22.2 Å². The number of hydrogen-bond acceptors (Lipinski definition) is 3. The number of nitrogens with one attached hydrogen (secondary N) is 1. The Balaban J connectivity index is 2.50. The molecule has 1 aromatic carbocycles. The molecule has 0 aliphatic rings. The van der Waals surface area contributed by atoms with E-state index < -0.39 is 5.91 Å². The molecule has 0 saturated carbocycles. The Labute approximate surface area is 80.6 Å². The third kappa shape index (κ3) is 3.31. The van der Waals surface area contributed by atoms with Crippen LogP contribution in [-0.2, 0) is 4.79 Å². The minimum absolute atomic E-state index is 0.145. The molecule has 0 aliphatic carbocycles. The lowest BCUT2D eigenvalue weighted by Crippen LogP contribution is -2.34. The first kappa shape index (κ1) is 9.83. The number of amides is 1. The summed E-state index contributed by atoms with van der Waals surface area (Å²) in [5.74, 6) is 4.85. The van der Waals surface area contributed by atoms with Gasteiger partial charge in [-0.25, -0.2) is 5.84 Å². The molecule has 0 heterocycles. The molecular weight excluding hydrogens is 192 g/mol. The van der Waals surface area contributed by atoms with Gasteiger partial charge in [-0.2, -0.15) is 0 Å². The van der Waals surface area contributed by atoms with Gasteiger partial charge in [-0.1, -0.05) is 11.6 Å². The van der Waals surface area contributed by atoms with E-state index in [1.165, 1.54) is 0 Å². The molecule has 0 spiro atoms. The van der Waals surface area contributed by atoms with Crippen molar-refractivity contribution in [3.63, 3.8) is 0 Å². The minimum atomic E-state index is -0.409. The molecular formula is C8H8ClN2O2. The van der Waals surface area contributed by atoms with Crippen molar-refractivity contribution in [3.05, 3.63) is 29.3 Å². The van der Waals surface area contributed by atoms with E-state index in [0.29, 0.717) is 10.8 Å². The minimum Gasteiger partial charge on any atom is -0.483 e. The van der Waals surface area contributed by atoms with Crippen LogP contribution in [0.2, 0.25) is 5.02 Å². The van der Waals surface area contributed by atoms with Crippen molar-refractivity contribution < 1.29 is 9.53 Å². The molecule has 3 N–H and O–H groups in total. The molecule has 0 bridgehead atoms. The van der Waals surface area contributed by atoms with Gasteiger partial charge in [0.2, 0.25) is 0 Å². The van der Waals surface area contributed by atoms with Crippen LogP contribution in [0.5, 0.6) is 5.75 Å². The van der Waals surface area contributed by atoms with E-state index >= 15 is 0 Å². The van der Waals surface area contributed by atoms with E-state index in [1.54, 1.807) is 18.2 Å². The van der Waals surface area contributed by atoms with Gasteiger partial charge in [0, 0.05) is 11.1 Å². The van der Waals surface area contributed by atoms with Crippen LogP contribution in [0.25, 0.3) is 0 Å². The summed E-state index contributed by atoms with van der Waals surface area (Å²) in [5.41, 5.74) is 1.94. The van der Waals surface area contributed by atoms with Gasteiger partial charge in [-0.05, 0) is 18.2 Å². The summed E-state index contributed by atoms with van der Waals surface area (Å²) < 4.78 is 5.01. The maximum Gasteiger partial charge on any atom is 0.271 e. The monoisotopic (exact) mass is 199 g/mol. The van der Waals surface area contributed by atoms with Gasteiger partial charge in [0.05, 0.1) is 0 Å². The second-order valence-corrected chi connectivity index (χ2v) is 2.66. The Hall–Kier alpha value is -1.26. The predicted molar refractivity (Wildman–Crippen MR) is 48.1 cm³/mol. The Morgan fingerprint density at radius 2 is 2.54 bits per heavy atom. The predicted octanol–water partition coefficient (Wildman–Crippen LogP) is 0.509. The standard InChI is InChI=1S/C8H8ClN2O2/c9-6-2-1-3-7(4-6)13-5-8(12)11-10/h1-2,4H,5,10H2,(H,11,12). The number of rotatable bonds is 3. The molecule has 0 atom stereocenters. The van der Waals surface area contributed by atoms with Gasteiger partial charge in [0.25, 0.3) is 5.91 Å². The van der Waals surface area contributed by atoms with Crippen LogP contribution in [0.1, 0.15) is 0 Å². The first-order valence-electron chi connectivity index (χ1n) is 3.52. The summed E-state index contributed by atoms with van der Waals surface area (Å²) in [4.78, 5) is 10.7. The quantitative estimate of drug-likeness (QED) is 0.424. The van der Waals surface area contributed by atoms with Crippen molar-refractivity contribution in [1.82, 2.24) is 5.43 Å². The van der Waals surface area contributed by atoms with Crippen molar-refractivity contribution in [2.24, 2.45) is 5.84 Å². The van der Waals surface area contributed by atoms with Crippen molar-refractivity contribution in [2.45, 2.75) is 0 Å². The van der Waals surface area contributed by atoms with Crippen molar-refractivity contribution in [1.29, 1.82) is 0 Å². The molecule has 5 heteroatoms. The van der Waals surface area contributed by atoms with Crippen LogP contribution in [0, 0.1) is 6.07 Å². The lowest BCUT2D eigenvalue weighted by molar-refractivity contribution is -0.123. The van der Waals surface area contributed by atoms with Gasteiger partial charge in [-0.3, -0.25) is 10.2 Å². The topological polar surface area (TPSA) is 64.3 Å². The van der Waals surface area contributed by atoms with E-state index in [9.17, 15) is 4.79 Å². The lowest BCUT2D eigenvalue weighted by Gasteiger charge is -2.03. The number of halogens is 1. The third-order valence-electron chi connectivity index (χ3n) is 1.26. The second-order valence-electron chi connectivity index (χ2n) is 2.23. The second kappa shape index (κ2) is 4.69. The van der Waals surface area contributed by atoms with Gasteiger partial charge >= 0.3 is 0 Å². The summed E-state index contributed by atoms with van der Waals surface area (Å²) in [6.07, 6.45) is 0. The van der Waals surface area contributed by atoms with Gasteiger partial charge in [0.15, 0.2) is 6.61 Å². The summed E-state index contributed by atoms with van der Waals surface area (Å²) in [6, 6.07) is 7.60. The SMILES string of the molecule is NNC(=O)COc1[c]ccc(Cl)c1. The Kier molecular flexibility index (Phi) is 3.54. The number of carbonyl (C=O) groups excluding carboxylic acids is 1. The molecule has 1 aromatic rings. The van der Waals surface area contributed by atoms with E-state index in [1.807, 2.05) is 5.43 Å². The van der Waals surface area contributed by atoms with Crippen LogP contribution in [-0.4, -0.2) is 12.5 Å². The average molecular weight is 200 g/mol. The molecule has 0 fully saturated rings. The summed E-state index contributed by atoms with van der Waals surface area (Å²) in [6.45, 7) is -0.145. The molecule has 0 aliphatic heterocycles. The van der Waals surface area contributed by atoms with Crippen LogP contribution in [0.3, 0.4) is 0 Å². The number of hydrogen-bond donors (Lipinski definition) is 2. The van der Waals surface area contributed by atoms with Crippen molar-refractivity contribution in [2.75, 3.05) is 6.61 Å². The van der Waals surface area contributed by atoms with Gasteiger partial charge in [-0.15, -0.1) is 0 Å². The number of benzene rings is 1. The smallest absolute Gasteiger partial charge is 0.271 e. The average Bonchev–Trinajstić information content (AvgIpc) is 2.14. The number of hydrazine groups is 1. The highest BCUT2D eigenvalue weighted by atomic mass is 35.5. The molecule has 69 valence electrons. The van der Waals surface area contributed by atoms with E-state index in [0.717, 1.165) is 0 Å². The van der Waals surface area contributed by atoms with Crippen LogP contribution < -0.4 is 16.0 Å². The highest BCUT2D eigenvalue weighted by Gasteiger charge is 2.00. The van der Waals surface area contributed by atoms with Gasteiger partial charge < -0.3 is 4.74 Å². The highest BCUT2D eigenvalue weighted by molar-refractivity contribution is 6.30. The van der Waals surface area contributed by atoms with Gasteiger partial charge in [0.1, 0.15) is 5.75 Å². The zero-order valence-corrected chi connectivity index (χ0v) is 7.47. The normalized spacial score (nSPS) is 9.38. The molecule has 0 unspecified atom stereocenters. The first-order valence-corrected chi connectivity index (χ1v) is 3.89. The summed E-state index contributed by atoms with van der Waals surface area (Å²) in [5, 5.41) is 0.530. The number of ether oxygens (including phenoxy) is 1. The molecule has 13 heavy (non-hydrogen) atoms. The largest absolute Gasteiger partial charge is 0.483 e. The number of carbonyl (C=O) groups is 1. The molecule has 0 saturated heterocycles. The summed E-state index contributed by atoms with van der Waals surface area (Å²) in [7, 11) is 0. The Bertz CT molecular complexity index is 304. The van der Waals surface area contributed by atoms with Crippen LogP contribution >= 0.6 is 11.6 Å². The fourth-order valence-electron chi connectivity index (χ4n) is 0.687. The fourth-order valence-corrected chi connectivity index (χ4v) is 0.849. The fraction of sp³-hybridized carbons (Fsp3) is 0.125. The third-order valence-corrected chi connectivity index (χ3v) is 1.49. The maximum absolute atomic E-state index is 10.7. The van der Waals surface area contributed by atoms with Crippen molar-refractivity contribution in [3.8, 4) is 5.75 Å². The molecule has 1 radical (unpaired) electrons. The van der Waals surface area contributed by atoms with Crippen molar-refractivity contribution >= 4 is 17.5 Å². The molecule has 1 rings (SSSR count). The maximum atomic E-state index is 10.7. The zero-order valence-electron chi connectivity index (χ0n) is 6.71. The van der Waals surface area contributed by atoms with E-state index in [-0.39, 0.29) is 6.61 Å². The lowest BCUT2D eigenvalue weighted by atomic mass is 10.3. The molecule has 4 nitrogen and oxygen atoms in total. The van der Waals surface area contributed by atoms with E-state index in [2.05, 4.69) is 6.07 Å². The van der Waals surface area contributed by atoms with Crippen LogP contribution in [0.15, 0.2) is 18.2 Å². The zero-order chi connectivity index (χ0) is 9.68. The molecule has 0 aromatic heterocycles.